The minimum Gasteiger partial charge on any atom is -0.322 e. The fourth-order valence-corrected chi connectivity index (χ4v) is 2.68. The molecular formula is C17H16N2OS. The number of nitriles is 1. The third-order valence-electron chi connectivity index (χ3n) is 3.28. The Labute approximate surface area is 129 Å². The molecule has 0 heterocycles. The number of carbonyl (C=O) groups excluding carboxylic acids is 1. The highest BCUT2D eigenvalue weighted by molar-refractivity contribution is 7.99. The van der Waals surface area contributed by atoms with Gasteiger partial charge in [-0.1, -0.05) is 24.3 Å². The van der Waals surface area contributed by atoms with Crippen molar-refractivity contribution in [3.8, 4) is 6.07 Å². The Morgan fingerprint density at radius 3 is 2.71 bits per heavy atom. The molecule has 0 spiro atoms. The van der Waals surface area contributed by atoms with E-state index in [0.717, 1.165) is 21.7 Å². The lowest BCUT2D eigenvalue weighted by molar-refractivity contribution is 0.102. The number of rotatable bonds is 4. The topological polar surface area (TPSA) is 52.9 Å². The fraction of sp³-hybridized carbons (Fsp3) is 0.176. The lowest BCUT2D eigenvalue weighted by Gasteiger charge is -2.12. The highest BCUT2D eigenvalue weighted by atomic mass is 32.2. The number of anilines is 1. The lowest BCUT2D eigenvalue weighted by atomic mass is 10.1. The Balaban J connectivity index is 2.25. The molecule has 0 atom stereocenters. The van der Waals surface area contributed by atoms with Gasteiger partial charge in [-0.2, -0.15) is 5.26 Å². The molecule has 1 amide bonds. The van der Waals surface area contributed by atoms with Gasteiger partial charge in [-0.05, 0) is 43.2 Å². The first-order chi connectivity index (χ1) is 10.1. The summed E-state index contributed by atoms with van der Waals surface area (Å²) in [4.78, 5) is 13.3. The van der Waals surface area contributed by atoms with E-state index in [-0.39, 0.29) is 5.91 Å². The molecule has 0 aliphatic carbocycles. The van der Waals surface area contributed by atoms with E-state index in [0.29, 0.717) is 11.3 Å². The van der Waals surface area contributed by atoms with Crippen molar-refractivity contribution in [2.45, 2.75) is 18.7 Å². The molecule has 4 heteroatoms. The summed E-state index contributed by atoms with van der Waals surface area (Å²) in [7, 11) is 0. The number of carbonyl (C=O) groups is 1. The predicted octanol–water partition coefficient (Wildman–Crippen LogP) is 4.17. The van der Waals surface area contributed by atoms with Gasteiger partial charge in [-0.15, -0.1) is 11.8 Å². The van der Waals surface area contributed by atoms with Crippen LogP contribution in [0.2, 0.25) is 0 Å². The van der Waals surface area contributed by atoms with Gasteiger partial charge >= 0.3 is 0 Å². The molecule has 0 saturated carbocycles. The van der Waals surface area contributed by atoms with Crippen molar-refractivity contribution in [2.75, 3.05) is 11.1 Å². The summed E-state index contributed by atoms with van der Waals surface area (Å²) in [5.41, 5.74) is 3.62. The number of benzene rings is 2. The second-order valence-electron chi connectivity index (χ2n) is 4.64. The van der Waals surface area contributed by atoms with Crippen molar-refractivity contribution in [3.63, 3.8) is 0 Å². The molecule has 106 valence electrons. The van der Waals surface area contributed by atoms with Gasteiger partial charge < -0.3 is 5.32 Å². The second kappa shape index (κ2) is 6.96. The Bertz CT molecular complexity index is 704. The van der Waals surface area contributed by atoms with E-state index in [1.54, 1.807) is 6.07 Å². The van der Waals surface area contributed by atoms with Gasteiger partial charge in [-0.25, -0.2) is 0 Å². The molecule has 3 nitrogen and oxygen atoms in total. The predicted molar refractivity (Wildman–Crippen MR) is 86.6 cm³/mol. The first-order valence-electron chi connectivity index (χ1n) is 6.60. The summed E-state index contributed by atoms with van der Waals surface area (Å²) >= 11 is 1.37. The molecule has 2 rings (SSSR count). The summed E-state index contributed by atoms with van der Waals surface area (Å²) in [6.45, 7) is 4.00. The first kappa shape index (κ1) is 15.1. The van der Waals surface area contributed by atoms with Crippen LogP contribution in [-0.4, -0.2) is 11.7 Å². The van der Waals surface area contributed by atoms with Crippen molar-refractivity contribution in [3.05, 3.63) is 59.2 Å². The van der Waals surface area contributed by atoms with Gasteiger partial charge in [0.1, 0.15) is 0 Å². The third-order valence-corrected chi connectivity index (χ3v) is 4.22. The zero-order chi connectivity index (χ0) is 15.2. The van der Waals surface area contributed by atoms with E-state index in [2.05, 4.69) is 11.4 Å². The van der Waals surface area contributed by atoms with Crippen LogP contribution < -0.4 is 5.32 Å². The summed E-state index contributed by atoms with van der Waals surface area (Å²) < 4.78 is 0. The van der Waals surface area contributed by atoms with E-state index in [1.165, 1.54) is 11.8 Å². The molecule has 0 saturated heterocycles. The highest BCUT2D eigenvalue weighted by Crippen LogP contribution is 2.24. The number of hydrogen-bond acceptors (Lipinski definition) is 3. The van der Waals surface area contributed by atoms with Crippen molar-refractivity contribution >= 4 is 23.4 Å². The SMILES string of the molecule is Cc1cccc(NC(=O)c2ccccc2SCC#N)c1C. The quantitative estimate of drug-likeness (QED) is 0.861. The van der Waals surface area contributed by atoms with Crippen LogP contribution in [0.1, 0.15) is 21.5 Å². The second-order valence-corrected chi connectivity index (χ2v) is 5.66. The Morgan fingerprint density at radius 2 is 1.95 bits per heavy atom. The monoisotopic (exact) mass is 296 g/mol. The van der Waals surface area contributed by atoms with Crippen molar-refractivity contribution < 1.29 is 4.79 Å². The van der Waals surface area contributed by atoms with Crippen LogP contribution in [0.25, 0.3) is 0 Å². The zero-order valence-electron chi connectivity index (χ0n) is 12.0. The van der Waals surface area contributed by atoms with Crippen LogP contribution in [-0.2, 0) is 0 Å². The summed E-state index contributed by atoms with van der Waals surface area (Å²) in [5, 5.41) is 11.6. The molecule has 0 aromatic heterocycles. The largest absolute Gasteiger partial charge is 0.322 e. The Hall–Kier alpha value is -2.25. The van der Waals surface area contributed by atoms with Gasteiger partial charge in [0.15, 0.2) is 0 Å². The minimum atomic E-state index is -0.148. The smallest absolute Gasteiger partial charge is 0.256 e. The van der Waals surface area contributed by atoms with E-state index in [9.17, 15) is 4.79 Å². The van der Waals surface area contributed by atoms with Gasteiger partial charge in [0.2, 0.25) is 0 Å². The number of nitrogens with one attached hydrogen (secondary N) is 1. The van der Waals surface area contributed by atoms with E-state index in [1.807, 2.05) is 50.2 Å². The minimum absolute atomic E-state index is 0.148. The average Bonchev–Trinajstić information content (AvgIpc) is 2.50. The molecule has 0 unspecified atom stereocenters. The zero-order valence-corrected chi connectivity index (χ0v) is 12.8. The average molecular weight is 296 g/mol. The third kappa shape index (κ3) is 3.65. The molecule has 2 aromatic carbocycles. The van der Waals surface area contributed by atoms with Crippen LogP contribution in [0.4, 0.5) is 5.69 Å². The molecular weight excluding hydrogens is 280 g/mol. The normalized spacial score (nSPS) is 9.95. The van der Waals surface area contributed by atoms with Crippen LogP contribution in [0, 0.1) is 25.2 Å². The first-order valence-corrected chi connectivity index (χ1v) is 7.58. The van der Waals surface area contributed by atoms with Crippen molar-refractivity contribution in [1.82, 2.24) is 0 Å². The Kier molecular flexibility index (Phi) is 5.02. The number of aryl methyl sites for hydroxylation is 1. The molecule has 0 fully saturated rings. The molecule has 2 aromatic rings. The molecule has 0 aliphatic rings. The van der Waals surface area contributed by atoms with Gasteiger partial charge in [-0.3, -0.25) is 4.79 Å². The molecule has 0 radical (unpaired) electrons. The number of amides is 1. The maximum absolute atomic E-state index is 12.5. The number of hydrogen-bond donors (Lipinski definition) is 1. The van der Waals surface area contributed by atoms with Gasteiger partial charge in [0.25, 0.3) is 5.91 Å². The standard InChI is InChI=1S/C17H16N2OS/c1-12-6-5-8-15(13(12)2)19-17(20)14-7-3-4-9-16(14)21-11-10-18/h3-9H,11H2,1-2H3,(H,19,20). The fourth-order valence-electron chi connectivity index (χ4n) is 1.97. The molecule has 1 N–H and O–H groups in total. The van der Waals surface area contributed by atoms with Gasteiger partial charge in [0, 0.05) is 10.6 Å². The van der Waals surface area contributed by atoms with E-state index in [4.69, 9.17) is 5.26 Å². The Morgan fingerprint density at radius 1 is 1.19 bits per heavy atom. The molecule has 0 aliphatic heterocycles. The number of thioether (sulfide) groups is 1. The van der Waals surface area contributed by atoms with Crippen LogP contribution in [0.3, 0.4) is 0 Å². The molecule has 0 bridgehead atoms. The highest BCUT2D eigenvalue weighted by Gasteiger charge is 2.12. The molecule has 21 heavy (non-hydrogen) atoms. The van der Waals surface area contributed by atoms with E-state index < -0.39 is 0 Å². The van der Waals surface area contributed by atoms with Crippen molar-refractivity contribution in [2.24, 2.45) is 0 Å². The lowest BCUT2D eigenvalue weighted by Crippen LogP contribution is -2.14. The van der Waals surface area contributed by atoms with Crippen molar-refractivity contribution in [1.29, 1.82) is 5.26 Å². The van der Waals surface area contributed by atoms with Crippen LogP contribution >= 0.6 is 11.8 Å². The number of nitrogens with zero attached hydrogens (tertiary/aromatic N) is 1. The van der Waals surface area contributed by atoms with E-state index >= 15 is 0 Å². The van der Waals surface area contributed by atoms with Crippen LogP contribution in [0.5, 0.6) is 0 Å². The summed E-state index contributed by atoms with van der Waals surface area (Å²) in [5.74, 6) is 0.179. The van der Waals surface area contributed by atoms with Gasteiger partial charge in [0.05, 0.1) is 17.4 Å². The maximum atomic E-state index is 12.5. The maximum Gasteiger partial charge on any atom is 0.256 e. The summed E-state index contributed by atoms with van der Waals surface area (Å²) in [6.07, 6.45) is 0. The summed E-state index contributed by atoms with van der Waals surface area (Å²) in [6, 6.07) is 15.3. The van der Waals surface area contributed by atoms with Crippen LogP contribution in [0.15, 0.2) is 47.4 Å².